The largest absolute Gasteiger partial charge is 0.573 e. The van der Waals surface area contributed by atoms with E-state index in [1.54, 1.807) is 12.1 Å². The fourth-order valence-electron chi connectivity index (χ4n) is 2.68. The summed E-state index contributed by atoms with van der Waals surface area (Å²) in [6.07, 6.45) is -1.76. The van der Waals surface area contributed by atoms with Crippen LogP contribution in [0.3, 0.4) is 0 Å². The molecule has 1 atom stereocenters. The van der Waals surface area contributed by atoms with E-state index in [0.717, 1.165) is 0 Å². The summed E-state index contributed by atoms with van der Waals surface area (Å²) < 4.78 is 74.8. The van der Waals surface area contributed by atoms with Gasteiger partial charge in [-0.1, -0.05) is 24.3 Å². The summed E-state index contributed by atoms with van der Waals surface area (Å²) in [5.74, 6) is -1.31. The number of alkyl halides is 3. The quantitative estimate of drug-likeness (QED) is 0.465. The standard InChI is InChI=1S/C19H13F4NO3S/c20-18-9-13(1-2-14(18)11-28(25)26)17-10-24-8-7-16(17)12-3-5-15(6-4-12)27-19(21,22)23/h1-10H,11H2,(H,25,26). The Morgan fingerprint density at radius 3 is 2.29 bits per heavy atom. The maximum absolute atomic E-state index is 14.3. The Bertz CT molecular complexity index is 1010. The first-order valence-electron chi connectivity index (χ1n) is 7.89. The molecule has 0 aliphatic rings. The van der Waals surface area contributed by atoms with Crippen molar-refractivity contribution in [2.75, 3.05) is 0 Å². The van der Waals surface area contributed by atoms with Gasteiger partial charge in [0.15, 0.2) is 11.1 Å². The van der Waals surface area contributed by atoms with E-state index in [4.69, 9.17) is 4.55 Å². The maximum Gasteiger partial charge on any atom is 0.573 e. The van der Waals surface area contributed by atoms with Crippen LogP contribution in [0.5, 0.6) is 5.75 Å². The van der Waals surface area contributed by atoms with Gasteiger partial charge in [-0.15, -0.1) is 13.2 Å². The van der Waals surface area contributed by atoms with E-state index in [1.165, 1.54) is 48.8 Å². The third-order valence-electron chi connectivity index (χ3n) is 3.86. The normalized spacial score (nSPS) is 12.6. The fraction of sp³-hybridized carbons (Fsp3) is 0.105. The molecule has 1 N–H and O–H groups in total. The number of nitrogens with zero attached hydrogens (tertiary/aromatic N) is 1. The number of hydrogen-bond donors (Lipinski definition) is 1. The van der Waals surface area contributed by atoms with Crippen LogP contribution in [-0.4, -0.2) is 20.1 Å². The van der Waals surface area contributed by atoms with Crippen molar-refractivity contribution in [3.63, 3.8) is 0 Å². The van der Waals surface area contributed by atoms with Crippen molar-refractivity contribution in [3.05, 3.63) is 72.3 Å². The van der Waals surface area contributed by atoms with Crippen LogP contribution in [-0.2, 0) is 16.8 Å². The average molecular weight is 411 g/mol. The molecule has 1 heterocycles. The number of benzene rings is 2. The molecule has 146 valence electrons. The second-order valence-electron chi connectivity index (χ2n) is 5.77. The van der Waals surface area contributed by atoms with Gasteiger partial charge in [0.1, 0.15) is 11.6 Å². The van der Waals surface area contributed by atoms with E-state index in [-0.39, 0.29) is 17.1 Å². The molecule has 3 rings (SSSR count). The van der Waals surface area contributed by atoms with E-state index in [9.17, 15) is 21.8 Å². The van der Waals surface area contributed by atoms with Crippen molar-refractivity contribution in [2.45, 2.75) is 12.1 Å². The van der Waals surface area contributed by atoms with Crippen LogP contribution >= 0.6 is 0 Å². The summed E-state index contributed by atoms with van der Waals surface area (Å²) in [5.41, 5.74) is 2.36. The van der Waals surface area contributed by atoms with Gasteiger partial charge in [0.05, 0.1) is 5.75 Å². The van der Waals surface area contributed by atoms with Crippen molar-refractivity contribution in [1.29, 1.82) is 0 Å². The molecule has 0 aliphatic carbocycles. The Morgan fingerprint density at radius 2 is 1.68 bits per heavy atom. The molecule has 0 saturated heterocycles. The summed E-state index contributed by atoms with van der Waals surface area (Å²) in [7, 11) is 0. The minimum Gasteiger partial charge on any atom is -0.406 e. The van der Waals surface area contributed by atoms with Crippen LogP contribution in [0.1, 0.15) is 5.56 Å². The lowest BCUT2D eigenvalue weighted by Gasteiger charge is -2.12. The van der Waals surface area contributed by atoms with E-state index in [0.29, 0.717) is 22.3 Å². The highest BCUT2D eigenvalue weighted by Crippen LogP contribution is 2.33. The van der Waals surface area contributed by atoms with Crippen molar-refractivity contribution in [1.82, 2.24) is 4.98 Å². The third kappa shape index (κ3) is 4.93. The van der Waals surface area contributed by atoms with Gasteiger partial charge < -0.3 is 9.29 Å². The number of hydrogen-bond acceptors (Lipinski definition) is 3. The molecule has 0 amide bonds. The molecule has 0 fully saturated rings. The lowest BCUT2D eigenvalue weighted by Crippen LogP contribution is -2.16. The summed E-state index contributed by atoms with van der Waals surface area (Å²) >= 11 is -2.17. The molecular formula is C19H13F4NO3S. The summed E-state index contributed by atoms with van der Waals surface area (Å²) in [4.78, 5) is 4.03. The molecule has 0 spiro atoms. The highest BCUT2D eigenvalue weighted by Gasteiger charge is 2.31. The second-order valence-corrected chi connectivity index (χ2v) is 6.70. The van der Waals surface area contributed by atoms with E-state index in [2.05, 4.69) is 9.72 Å². The lowest BCUT2D eigenvalue weighted by atomic mass is 9.96. The molecule has 28 heavy (non-hydrogen) atoms. The molecule has 0 bridgehead atoms. The highest BCUT2D eigenvalue weighted by molar-refractivity contribution is 7.78. The molecule has 3 aromatic rings. The smallest absolute Gasteiger partial charge is 0.406 e. The fourth-order valence-corrected chi connectivity index (χ4v) is 3.18. The van der Waals surface area contributed by atoms with Gasteiger partial charge >= 0.3 is 6.36 Å². The highest BCUT2D eigenvalue weighted by atomic mass is 32.2. The second kappa shape index (κ2) is 8.07. The zero-order valence-corrected chi connectivity index (χ0v) is 14.9. The molecule has 0 aliphatic heterocycles. The average Bonchev–Trinajstić information content (AvgIpc) is 2.62. The van der Waals surface area contributed by atoms with Crippen LogP contribution in [0.15, 0.2) is 60.9 Å². The van der Waals surface area contributed by atoms with Crippen LogP contribution < -0.4 is 4.74 Å². The first-order valence-corrected chi connectivity index (χ1v) is 9.17. The first kappa shape index (κ1) is 20.0. The van der Waals surface area contributed by atoms with Gasteiger partial charge in [0, 0.05) is 23.5 Å². The SMILES string of the molecule is O=S(O)Cc1ccc(-c2cnccc2-c2ccc(OC(F)(F)F)cc2)cc1F. The Kier molecular flexibility index (Phi) is 5.76. The van der Waals surface area contributed by atoms with E-state index < -0.39 is 23.3 Å². The number of pyridine rings is 1. The molecular weight excluding hydrogens is 398 g/mol. The predicted molar refractivity (Wildman–Crippen MR) is 96.2 cm³/mol. The van der Waals surface area contributed by atoms with Crippen molar-refractivity contribution < 1.29 is 31.1 Å². The Morgan fingerprint density at radius 1 is 1.00 bits per heavy atom. The number of rotatable bonds is 5. The molecule has 0 saturated carbocycles. The number of ether oxygens (including phenoxy) is 1. The molecule has 1 aromatic heterocycles. The maximum atomic E-state index is 14.3. The van der Waals surface area contributed by atoms with Crippen molar-refractivity contribution in [2.24, 2.45) is 0 Å². The van der Waals surface area contributed by atoms with Gasteiger partial charge in [0.2, 0.25) is 0 Å². The third-order valence-corrected chi connectivity index (χ3v) is 4.42. The van der Waals surface area contributed by atoms with Gasteiger partial charge in [-0.05, 0) is 41.0 Å². The van der Waals surface area contributed by atoms with Crippen molar-refractivity contribution >= 4 is 11.1 Å². The van der Waals surface area contributed by atoms with Crippen LogP contribution in [0, 0.1) is 5.82 Å². The zero-order chi connectivity index (χ0) is 20.3. The molecule has 4 nitrogen and oxygen atoms in total. The molecule has 1 unspecified atom stereocenters. The monoisotopic (exact) mass is 411 g/mol. The lowest BCUT2D eigenvalue weighted by molar-refractivity contribution is -0.274. The topological polar surface area (TPSA) is 59.4 Å². The van der Waals surface area contributed by atoms with E-state index in [1.807, 2.05) is 0 Å². The summed E-state index contributed by atoms with van der Waals surface area (Å²) in [5, 5.41) is 0. The Balaban J connectivity index is 1.96. The van der Waals surface area contributed by atoms with E-state index >= 15 is 0 Å². The Hall–Kier alpha value is -2.78. The zero-order valence-electron chi connectivity index (χ0n) is 14.1. The van der Waals surface area contributed by atoms with Crippen LogP contribution in [0.25, 0.3) is 22.3 Å². The van der Waals surface area contributed by atoms with Gasteiger partial charge in [-0.2, -0.15) is 0 Å². The van der Waals surface area contributed by atoms with Gasteiger partial charge in [-0.25, -0.2) is 8.60 Å². The van der Waals surface area contributed by atoms with Crippen LogP contribution in [0.4, 0.5) is 17.6 Å². The number of halogens is 4. The van der Waals surface area contributed by atoms with Crippen LogP contribution in [0.2, 0.25) is 0 Å². The van der Waals surface area contributed by atoms with Gasteiger partial charge in [-0.3, -0.25) is 4.98 Å². The number of aromatic nitrogens is 1. The summed E-state index contributed by atoms with van der Waals surface area (Å²) in [6.45, 7) is 0. The Labute approximate surface area is 160 Å². The minimum absolute atomic E-state index is 0.101. The minimum atomic E-state index is -4.78. The summed E-state index contributed by atoms with van der Waals surface area (Å²) in [6, 6.07) is 11.2. The first-order chi connectivity index (χ1) is 13.2. The molecule has 0 radical (unpaired) electrons. The molecule has 9 heteroatoms. The van der Waals surface area contributed by atoms with Crippen molar-refractivity contribution in [3.8, 4) is 28.0 Å². The molecule has 2 aromatic carbocycles. The van der Waals surface area contributed by atoms with Gasteiger partial charge in [0.25, 0.3) is 0 Å². The predicted octanol–water partition coefficient (Wildman–Crippen LogP) is 5.18.